The summed E-state index contributed by atoms with van der Waals surface area (Å²) in [6.07, 6.45) is 0. The molecule has 0 spiro atoms. The normalized spacial score (nSPS) is 12.4. The summed E-state index contributed by atoms with van der Waals surface area (Å²) < 4.78 is 6.91. The molecule has 0 unspecified atom stereocenters. The van der Waals surface area contributed by atoms with E-state index in [1.54, 1.807) is 42.9 Å². The Morgan fingerprint density at radius 3 is 2.55 bits per heavy atom. The number of hydrogen-bond acceptors (Lipinski definition) is 7. The maximum absolute atomic E-state index is 12.2. The third-order valence-electron chi connectivity index (χ3n) is 4.95. The van der Waals surface area contributed by atoms with Crippen molar-refractivity contribution in [1.82, 2.24) is 14.5 Å². The van der Waals surface area contributed by atoms with Gasteiger partial charge in [-0.2, -0.15) is 4.99 Å². The lowest BCUT2D eigenvalue weighted by molar-refractivity contribution is 0.102. The number of aromatic nitrogens is 3. The first kappa shape index (κ1) is 22.6. The Labute approximate surface area is 199 Å². The summed E-state index contributed by atoms with van der Waals surface area (Å²) in [5.41, 5.74) is 9.16. The monoisotopic (exact) mass is 480 g/mol. The number of halogens is 1. The number of aryl methyl sites for hydroxylation is 1. The molecule has 0 radical (unpaired) electrons. The van der Waals surface area contributed by atoms with Crippen molar-refractivity contribution in [3.63, 3.8) is 0 Å². The van der Waals surface area contributed by atoms with Crippen molar-refractivity contribution < 1.29 is 9.53 Å². The van der Waals surface area contributed by atoms with E-state index in [1.807, 2.05) is 25.1 Å². The molecule has 0 aliphatic carbocycles. The fourth-order valence-electron chi connectivity index (χ4n) is 3.33. The van der Waals surface area contributed by atoms with Gasteiger partial charge >= 0.3 is 0 Å². The van der Waals surface area contributed by atoms with Gasteiger partial charge in [-0.15, -0.1) is 0 Å². The zero-order chi connectivity index (χ0) is 23.7. The van der Waals surface area contributed by atoms with Gasteiger partial charge in [0.05, 0.1) is 28.9 Å². The van der Waals surface area contributed by atoms with Gasteiger partial charge < -0.3 is 10.5 Å². The summed E-state index contributed by atoms with van der Waals surface area (Å²) in [7, 11) is 1.61. The van der Waals surface area contributed by atoms with Gasteiger partial charge in [0, 0.05) is 23.0 Å². The van der Waals surface area contributed by atoms with E-state index in [0.717, 1.165) is 22.3 Å². The van der Waals surface area contributed by atoms with E-state index >= 15 is 0 Å². The third-order valence-corrected chi connectivity index (χ3v) is 6.44. The van der Waals surface area contributed by atoms with Crippen LogP contribution in [0.2, 0.25) is 5.02 Å². The number of fused-ring (bicyclic) bond motifs is 1. The maximum Gasteiger partial charge on any atom is 0.253 e. The molecule has 2 N–H and O–H groups in total. The number of carbonyl (C=O) groups excluding carboxylic acids is 1. The second kappa shape index (κ2) is 9.13. The molecule has 4 rings (SSSR count). The van der Waals surface area contributed by atoms with Crippen molar-refractivity contribution in [3.05, 3.63) is 68.6 Å². The molecule has 2 aromatic carbocycles. The fraction of sp³-hybridized carbons (Fsp3) is 0.174. The molecule has 33 heavy (non-hydrogen) atoms. The molecule has 0 saturated heterocycles. The van der Waals surface area contributed by atoms with E-state index in [4.69, 9.17) is 22.1 Å². The molecular formula is C23H21ClN6O2S. The van der Waals surface area contributed by atoms with Crippen LogP contribution in [0.4, 0.5) is 11.6 Å². The van der Waals surface area contributed by atoms with E-state index < -0.39 is 0 Å². The first-order valence-corrected chi connectivity index (χ1v) is 11.2. The number of carbonyl (C=O) groups is 1. The van der Waals surface area contributed by atoms with E-state index in [-0.39, 0.29) is 17.7 Å². The predicted molar refractivity (Wildman–Crippen MR) is 131 cm³/mol. The highest BCUT2D eigenvalue weighted by Gasteiger charge is 2.17. The van der Waals surface area contributed by atoms with Crippen LogP contribution in [0, 0.1) is 13.8 Å². The molecule has 0 amide bonds. The molecule has 0 fully saturated rings. The number of nitrogens with two attached hydrogens (primary N) is 1. The van der Waals surface area contributed by atoms with E-state index in [2.05, 4.69) is 20.0 Å². The van der Waals surface area contributed by atoms with Gasteiger partial charge in [0.1, 0.15) is 5.75 Å². The van der Waals surface area contributed by atoms with Crippen molar-refractivity contribution >= 4 is 57.2 Å². The quantitative estimate of drug-likeness (QED) is 0.259. The highest BCUT2D eigenvalue weighted by molar-refractivity contribution is 7.11. The number of ketones is 1. The standard InChI is InChI=1S/C23H21ClN6O2S/c1-12-18-11-17(32-4)9-10-19(18)28-22(26-12)29-21(25)30-13(2)20(14(3)31)33-23(30)27-16-7-5-15(24)6-8-16/h5-11H,1-4H3,(H2,25,26,28,29). The van der Waals surface area contributed by atoms with E-state index in [0.29, 0.717) is 26.1 Å². The van der Waals surface area contributed by atoms with Gasteiger partial charge in [0.25, 0.3) is 5.95 Å². The Hall–Kier alpha value is -3.56. The summed E-state index contributed by atoms with van der Waals surface area (Å²) in [6, 6.07) is 12.6. The van der Waals surface area contributed by atoms with Crippen LogP contribution in [-0.2, 0) is 0 Å². The van der Waals surface area contributed by atoms with Crippen LogP contribution in [-0.4, -0.2) is 33.4 Å². The minimum Gasteiger partial charge on any atom is -0.497 e. The van der Waals surface area contributed by atoms with Crippen molar-refractivity contribution in [2.45, 2.75) is 20.8 Å². The minimum absolute atomic E-state index is 0.0802. The van der Waals surface area contributed by atoms with Gasteiger partial charge in [-0.1, -0.05) is 22.9 Å². The average Bonchev–Trinajstić information content (AvgIpc) is 3.11. The molecule has 0 aliphatic heterocycles. The van der Waals surface area contributed by atoms with Crippen molar-refractivity contribution in [1.29, 1.82) is 0 Å². The number of thiazole rings is 1. The van der Waals surface area contributed by atoms with E-state index in [1.165, 1.54) is 18.3 Å². The number of hydrogen-bond donors (Lipinski definition) is 1. The van der Waals surface area contributed by atoms with Gasteiger partial charge in [-0.3, -0.25) is 9.36 Å². The number of nitrogens with zero attached hydrogens (tertiary/aromatic N) is 5. The fourth-order valence-corrected chi connectivity index (χ4v) is 4.49. The highest BCUT2D eigenvalue weighted by Crippen LogP contribution is 2.24. The largest absolute Gasteiger partial charge is 0.497 e. The first-order chi connectivity index (χ1) is 15.8. The van der Waals surface area contributed by atoms with Gasteiger partial charge in [0.2, 0.25) is 5.96 Å². The lowest BCUT2D eigenvalue weighted by Gasteiger charge is -2.07. The van der Waals surface area contributed by atoms with E-state index in [9.17, 15) is 4.79 Å². The third kappa shape index (κ3) is 4.64. The van der Waals surface area contributed by atoms with Gasteiger partial charge in [-0.25, -0.2) is 15.0 Å². The van der Waals surface area contributed by atoms with Crippen LogP contribution < -0.4 is 15.3 Å². The first-order valence-electron chi connectivity index (χ1n) is 9.97. The zero-order valence-corrected chi connectivity index (χ0v) is 20.0. The Morgan fingerprint density at radius 1 is 1.15 bits per heavy atom. The van der Waals surface area contributed by atoms with Crippen molar-refractivity contribution in [2.24, 2.45) is 15.7 Å². The molecule has 168 valence electrons. The van der Waals surface area contributed by atoms with Crippen LogP contribution in [0.1, 0.15) is 28.0 Å². The van der Waals surface area contributed by atoms with Crippen molar-refractivity contribution in [2.75, 3.05) is 7.11 Å². The number of Topliss-reactive ketones (excluding diaryl/α,β-unsaturated/α-hetero) is 1. The molecular weight excluding hydrogens is 460 g/mol. The molecule has 10 heteroatoms. The van der Waals surface area contributed by atoms with Crippen molar-refractivity contribution in [3.8, 4) is 5.75 Å². The van der Waals surface area contributed by atoms with Crippen LogP contribution in [0.5, 0.6) is 5.75 Å². The molecule has 8 nitrogen and oxygen atoms in total. The molecule has 0 bridgehead atoms. The molecule has 2 heterocycles. The average molecular weight is 481 g/mol. The van der Waals surface area contributed by atoms with Gasteiger partial charge in [-0.05, 0) is 56.3 Å². The summed E-state index contributed by atoms with van der Waals surface area (Å²) in [4.78, 5) is 31.3. The SMILES string of the molecule is COc1ccc2nc(N=C(N)n3c(C)c(C(C)=O)sc3=Nc3ccc(Cl)cc3)nc(C)c2c1. The number of ether oxygens (including phenoxy) is 1. The Kier molecular flexibility index (Phi) is 6.26. The number of benzene rings is 2. The zero-order valence-electron chi connectivity index (χ0n) is 18.5. The highest BCUT2D eigenvalue weighted by atomic mass is 35.5. The number of methoxy groups -OCH3 is 1. The smallest absolute Gasteiger partial charge is 0.253 e. The van der Waals surface area contributed by atoms with Crippen LogP contribution >= 0.6 is 22.9 Å². The Balaban J connectivity index is 1.86. The maximum atomic E-state index is 12.2. The topological polar surface area (TPSA) is 108 Å². The summed E-state index contributed by atoms with van der Waals surface area (Å²) in [5, 5.41) is 1.47. The Bertz CT molecular complexity index is 1470. The summed E-state index contributed by atoms with van der Waals surface area (Å²) >= 11 is 7.22. The van der Waals surface area contributed by atoms with Gasteiger partial charge in [0.15, 0.2) is 10.6 Å². The van der Waals surface area contributed by atoms with Crippen LogP contribution in [0.25, 0.3) is 10.9 Å². The summed E-state index contributed by atoms with van der Waals surface area (Å²) in [6.45, 7) is 5.18. The minimum atomic E-state index is -0.0802. The molecule has 2 aromatic heterocycles. The lowest BCUT2D eigenvalue weighted by Crippen LogP contribution is -2.31. The van der Waals surface area contributed by atoms with Crippen LogP contribution in [0.3, 0.4) is 0 Å². The van der Waals surface area contributed by atoms with Crippen LogP contribution in [0.15, 0.2) is 52.4 Å². The number of rotatable bonds is 4. The summed E-state index contributed by atoms with van der Waals surface area (Å²) in [5.74, 6) is 0.960. The second-order valence-corrected chi connectivity index (χ2v) is 8.66. The molecule has 0 atom stereocenters. The second-order valence-electron chi connectivity index (χ2n) is 7.24. The molecule has 0 aliphatic rings. The predicted octanol–water partition coefficient (Wildman–Crippen LogP) is 4.70. The Morgan fingerprint density at radius 2 is 1.88 bits per heavy atom. The molecule has 4 aromatic rings. The number of aliphatic imine (C=N–C) groups is 1. The molecule has 0 saturated carbocycles. The lowest BCUT2D eigenvalue weighted by atomic mass is 10.2.